The summed E-state index contributed by atoms with van der Waals surface area (Å²) in [6.07, 6.45) is 1.22. The Kier molecular flexibility index (Phi) is 4.14. The number of nitro groups is 1. The fourth-order valence-electron chi connectivity index (χ4n) is 0.970. The molecule has 0 aliphatic rings. The van der Waals surface area contributed by atoms with Gasteiger partial charge in [-0.1, -0.05) is 0 Å². The normalized spacial score (nSPS) is 12.3. The van der Waals surface area contributed by atoms with Gasteiger partial charge < -0.3 is 4.74 Å². The van der Waals surface area contributed by atoms with Crippen LogP contribution in [-0.2, 0) is 4.79 Å². The first-order valence-corrected chi connectivity index (χ1v) is 4.44. The average molecular weight is 222 g/mol. The van der Waals surface area contributed by atoms with Crippen LogP contribution in [0, 0.1) is 10.1 Å². The van der Waals surface area contributed by atoms with Gasteiger partial charge in [0.25, 0.3) is 0 Å². The molecule has 6 heteroatoms. The van der Waals surface area contributed by atoms with E-state index in [-0.39, 0.29) is 6.29 Å². The third kappa shape index (κ3) is 3.16. The molecule has 0 aliphatic heterocycles. The number of aldehydes is 1. The minimum atomic E-state index is -1.40. The molecule has 6 nitrogen and oxygen atoms in total. The van der Waals surface area contributed by atoms with Gasteiger partial charge in [0.05, 0.1) is 19.0 Å². The van der Waals surface area contributed by atoms with Crippen molar-refractivity contribution in [1.82, 2.24) is 0 Å². The first kappa shape index (κ1) is 11.8. The summed E-state index contributed by atoms with van der Waals surface area (Å²) >= 11 is 0. The number of nitrogens with zero attached hydrogens (tertiary/aromatic N) is 2. The summed E-state index contributed by atoms with van der Waals surface area (Å²) in [5.41, 5.74) is 0.523. The highest BCUT2D eigenvalue weighted by atomic mass is 16.6. The number of carbonyl (C=O) groups excluding carboxylic acids is 1. The lowest BCUT2D eigenvalue weighted by atomic mass is 10.3. The van der Waals surface area contributed by atoms with E-state index >= 15 is 0 Å². The third-order valence-corrected chi connectivity index (χ3v) is 1.83. The van der Waals surface area contributed by atoms with Crippen molar-refractivity contribution in [3.63, 3.8) is 0 Å². The zero-order valence-electron chi connectivity index (χ0n) is 8.57. The smallest absolute Gasteiger partial charge is 0.302 e. The molecule has 1 aromatic rings. The summed E-state index contributed by atoms with van der Waals surface area (Å²) in [6, 6.07) is 5.22. The van der Waals surface area contributed by atoms with Crippen molar-refractivity contribution in [3.05, 3.63) is 34.4 Å². The molecule has 0 radical (unpaired) electrons. The van der Waals surface area contributed by atoms with Crippen molar-refractivity contribution in [2.24, 2.45) is 4.99 Å². The summed E-state index contributed by atoms with van der Waals surface area (Å²) < 4.78 is 4.94. The Bertz CT molecular complexity index is 400. The minimum Gasteiger partial charge on any atom is -0.497 e. The van der Waals surface area contributed by atoms with Crippen LogP contribution in [-0.4, -0.2) is 30.6 Å². The summed E-state index contributed by atoms with van der Waals surface area (Å²) in [4.78, 5) is 23.7. The van der Waals surface area contributed by atoms with Crippen LogP contribution >= 0.6 is 0 Å². The van der Waals surface area contributed by atoms with Crippen LogP contribution in [0.1, 0.15) is 0 Å². The molecule has 0 aromatic heterocycles. The van der Waals surface area contributed by atoms with Gasteiger partial charge in [-0.2, -0.15) is 0 Å². The zero-order valence-corrected chi connectivity index (χ0v) is 8.57. The molecule has 0 aliphatic carbocycles. The van der Waals surface area contributed by atoms with Gasteiger partial charge in [0.1, 0.15) is 5.75 Å². The number of aliphatic imine (C=N–C) groups is 1. The lowest BCUT2D eigenvalue weighted by molar-refractivity contribution is -0.485. The maximum absolute atomic E-state index is 10.3. The molecule has 84 valence electrons. The number of ether oxygens (including phenoxy) is 1. The highest BCUT2D eigenvalue weighted by Gasteiger charge is 2.14. The van der Waals surface area contributed by atoms with E-state index in [1.807, 2.05) is 0 Å². The molecule has 0 unspecified atom stereocenters. The van der Waals surface area contributed by atoms with Crippen LogP contribution in [0.25, 0.3) is 0 Å². The molecule has 0 fully saturated rings. The third-order valence-electron chi connectivity index (χ3n) is 1.83. The quantitative estimate of drug-likeness (QED) is 0.325. The SMILES string of the molecule is COc1ccc(N=C[C@@H](C=O)[N+](=O)[O-])cc1. The van der Waals surface area contributed by atoms with E-state index in [4.69, 9.17) is 4.74 Å². The monoisotopic (exact) mass is 222 g/mol. The summed E-state index contributed by atoms with van der Waals surface area (Å²) in [7, 11) is 1.54. The van der Waals surface area contributed by atoms with E-state index in [0.29, 0.717) is 11.4 Å². The largest absolute Gasteiger partial charge is 0.497 e. The van der Waals surface area contributed by atoms with E-state index in [2.05, 4.69) is 4.99 Å². The Morgan fingerprint density at radius 1 is 1.44 bits per heavy atom. The number of hydrogen-bond donors (Lipinski definition) is 0. The van der Waals surface area contributed by atoms with E-state index in [1.54, 1.807) is 24.3 Å². The molecule has 0 heterocycles. The predicted molar refractivity (Wildman–Crippen MR) is 58.0 cm³/mol. The zero-order chi connectivity index (χ0) is 12.0. The lowest BCUT2D eigenvalue weighted by Gasteiger charge is -1.99. The standard InChI is InChI=1S/C10H10N2O4/c1-16-10-4-2-8(3-5-10)11-6-9(7-13)12(14)15/h2-7,9H,1H3/t9-/m0/s1. The number of carbonyl (C=O) groups is 1. The lowest BCUT2D eigenvalue weighted by Crippen LogP contribution is -2.22. The van der Waals surface area contributed by atoms with Gasteiger partial charge in [-0.25, -0.2) is 0 Å². The van der Waals surface area contributed by atoms with Crippen molar-refractivity contribution in [3.8, 4) is 5.75 Å². The van der Waals surface area contributed by atoms with Gasteiger partial charge in [0.15, 0.2) is 6.29 Å². The van der Waals surface area contributed by atoms with Gasteiger partial charge in [-0.05, 0) is 24.3 Å². The van der Waals surface area contributed by atoms with Crippen molar-refractivity contribution in [2.45, 2.75) is 6.04 Å². The summed E-state index contributed by atoms with van der Waals surface area (Å²) in [6.45, 7) is 0. The predicted octanol–water partition coefficient (Wildman–Crippen LogP) is 1.24. The highest BCUT2D eigenvalue weighted by Crippen LogP contribution is 2.17. The molecular formula is C10H10N2O4. The number of rotatable bonds is 5. The molecule has 0 saturated carbocycles. The fourth-order valence-corrected chi connectivity index (χ4v) is 0.970. The van der Waals surface area contributed by atoms with Gasteiger partial charge in [0.2, 0.25) is 0 Å². The molecule has 0 bridgehead atoms. The average Bonchev–Trinajstić information content (AvgIpc) is 2.30. The van der Waals surface area contributed by atoms with Crippen LogP contribution in [0.5, 0.6) is 5.75 Å². The van der Waals surface area contributed by atoms with Crippen molar-refractivity contribution in [1.29, 1.82) is 0 Å². The van der Waals surface area contributed by atoms with Crippen LogP contribution < -0.4 is 4.74 Å². The van der Waals surface area contributed by atoms with Crippen LogP contribution in [0.2, 0.25) is 0 Å². The summed E-state index contributed by atoms with van der Waals surface area (Å²) in [5.74, 6) is 0.667. The van der Waals surface area contributed by atoms with Gasteiger partial charge in [-0.15, -0.1) is 0 Å². The van der Waals surface area contributed by atoms with Gasteiger partial charge in [0, 0.05) is 4.92 Å². The molecule has 0 spiro atoms. The van der Waals surface area contributed by atoms with Crippen molar-refractivity contribution < 1.29 is 14.5 Å². The Balaban J connectivity index is 2.75. The Morgan fingerprint density at radius 3 is 2.50 bits per heavy atom. The van der Waals surface area contributed by atoms with E-state index in [9.17, 15) is 14.9 Å². The minimum absolute atomic E-state index is 0.229. The molecule has 0 N–H and O–H groups in total. The number of benzene rings is 1. The van der Waals surface area contributed by atoms with E-state index < -0.39 is 11.0 Å². The first-order valence-electron chi connectivity index (χ1n) is 4.44. The molecule has 0 amide bonds. The number of methoxy groups -OCH3 is 1. The molecule has 1 atom stereocenters. The second-order valence-corrected chi connectivity index (χ2v) is 2.89. The molecular weight excluding hydrogens is 212 g/mol. The Hall–Kier alpha value is -2.24. The van der Waals surface area contributed by atoms with Crippen molar-refractivity contribution >= 4 is 18.2 Å². The van der Waals surface area contributed by atoms with Crippen molar-refractivity contribution in [2.75, 3.05) is 7.11 Å². The second-order valence-electron chi connectivity index (χ2n) is 2.89. The number of hydrogen-bond acceptors (Lipinski definition) is 5. The van der Waals surface area contributed by atoms with E-state index in [1.165, 1.54) is 7.11 Å². The Morgan fingerprint density at radius 2 is 2.06 bits per heavy atom. The van der Waals surface area contributed by atoms with E-state index in [0.717, 1.165) is 6.21 Å². The highest BCUT2D eigenvalue weighted by molar-refractivity contribution is 5.84. The molecule has 1 rings (SSSR count). The first-order chi connectivity index (χ1) is 7.67. The maximum Gasteiger partial charge on any atom is 0.302 e. The fraction of sp³-hybridized carbons (Fsp3) is 0.200. The van der Waals surface area contributed by atoms with Gasteiger partial charge in [-0.3, -0.25) is 19.9 Å². The van der Waals surface area contributed by atoms with Crippen LogP contribution in [0.15, 0.2) is 29.3 Å². The Labute approximate surface area is 91.7 Å². The summed E-state index contributed by atoms with van der Waals surface area (Å²) in [5, 5.41) is 10.3. The second kappa shape index (κ2) is 5.59. The van der Waals surface area contributed by atoms with Gasteiger partial charge >= 0.3 is 6.04 Å². The molecule has 1 aromatic carbocycles. The van der Waals surface area contributed by atoms with Crippen LogP contribution in [0.4, 0.5) is 5.69 Å². The van der Waals surface area contributed by atoms with Crippen LogP contribution in [0.3, 0.4) is 0 Å². The molecule has 0 saturated heterocycles. The topological polar surface area (TPSA) is 81.8 Å². The maximum atomic E-state index is 10.3. The molecule has 16 heavy (non-hydrogen) atoms.